The minimum Gasteiger partial charge on any atom is -0.399 e. The molecule has 0 spiro atoms. The van der Waals surface area contributed by atoms with Gasteiger partial charge in [-0.3, -0.25) is 4.98 Å². The second kappa shape index (κ2) is 5.35. The number of rotatable bonds is 3. The van der Waals surface area contributed by atoms with Crippen LogP contribution in [0.1, 0.15) is 5.56 Å². The monoisotopic (exact) mass is 339 g/mol. The zero-order chi connectivity index (χ0) is 12.3. The van der Waals surface area contributed by atoms with Crippen molar-refractivity contribution >= 4 is 34.0 Å². The number of halogens is 1. The van der Waals surface area contributed by atoms with Gasteiger partial charge in [0, 0.05) is 35.2 Å². The van der Waals surface area contributed by atoms with E-state index in [9.17, 15) is 0 Å². The van der Waals surface area contributed by atoms with Crippen LogP contribution >= 0.6 is 22.6 Å². The average molecular weight is 339 g/mol. The smallest absolute Gasteiger partial charge is 0.0503 e. The van der Waals surface area contributed by atoms with Gasteiger partial charge in [-0.25, -0.2) is 0 Å². The van der Waals surface area contributed by atoms with E-state index < -0.39 is 0 Å². The van der Waals surface area contributed by atoms with Crippen molar-refractivity contribution in [2.24, 2.45) is 0 Å². The van der Waals surface area contributed by atoms with E-state index in [2.05, 4.69) is 45.6 Å². The molecule has 17 heavy (non-hydrogen) atoms. The van der Waals surface area contributed by atoms with Gasteiger partial charge in [0.25, 0.3) is 0 Å². The predicted octanol–water partition coefficient (Wildman–Crippen LogP) is 2.90. The summed E-state index contributed by atoms with van der Waals surface area (Å²) in [6, 6.07) is 9.99. The van der Waals surface area contributed by atoms with Crippen molar-refractivity contribution in [3.63, 3.8) is 0 Å². The number of benzene rings is 1. The van der Waals surface area contributed by atoms with Gasteiger partial charge in [0.2, 0.25) is 0 Å². The average Bonchev–Trinajstić information content (AvgIpc) is 2.30. The molecule has 0 amide bonds. The number of pyridine rings is 1. The summed E-state index contributed by atoms with van der Waals surface area (Å²) in [5, 5.41) is 0. The van der Waals surface area contributed by atoms with Crippen molar-refractivity contribution in [2.45, 2.75) is 6.54 Å². The molecule has 0 fully saturated rings. The van der Waals surface area contributed by atoms with Gasteiger partial charge in [0.05, 0.1) is 5.69 Å². The molecule has 2 aromatic rings. The Morgan fingerprint density at radius 3 is 2.82 bits per heavy atom. The fourth-order valence-electron chi connectivity index (χ4n) is 1.68. The highest BCUT2D eigenvalue weighted by Gasteiger charge is 2.06. The molecule has 0 bridgehead atoms. The molecule has 2 rings (SSSR count). The molecular formula is C13H14IN3. The third-order valence-electron chi connectivity index (χ3n) is 2.53. The minimum absolute atomic E-state index is 0.799. The van der Waals surface area contributed by atoms with Crippen LogP contribution < -0.4 is 10.6 Å². The molecule has 0 aliphatic heterocycles. The first-order valence-corrected chi connectivity index (χ1v) is 6.40. The third-order valence-corrected chi connectivity index (χ3v) is 3.39. The fraction of sp³-hybridized carbons (Fsp3) is 0.154. The first kappa shape index (κ1) is 12.2. The minimum atomic E-state index is 0.799. The first-order chi connectivity index (χ1) is 8.16. The summed E-state index contributed by atoms with van der Waals surface area (Å²) in [5.41, 5.74) is 8.93. The lowest BCUT2D eigenvalue weighted by Crippen LogP contribution is -2.17. The van der Waals surface area contributed by atoms with E-state index in [0.29, 0.717) is 0 Å². The zero-order valence-electron chi connectivity index (χ0n) is 9.60. The predicted molar refractivity (Wildman–Crippen MR) is 79.9 cm³/mol. The Morgan fingerprint density at radius 1 is 1.35 bits per heavy atom. The maximum Gasteiger partial charge on any atom is 0.0503 e. The summed E-state index contributed by atoms with van der Waals surface area (Å²) >= 11 is 2.31. The highest BCUT2D eigenvalue weighted by atomic mass is 127. The molecule has 0 unspecified atom stereocenters. The Morgan fingerprint density at radius 2 is 2.18 bits per heavy atom. The highest BCUT2D eigenvalue weighted by molar-refractivity contribution is 14.1. The van der Waals surface area contributed by atoms with Crippen LogP contribution in [0, 0.1) is 3.57 Å². The van der Waals surface area contributed by atoms with Crippen LogP contribution in [0.2, 0.25) is 0 Å². The number of anilines is 2. The van der Waals surface area contributed by atoms with Gasteiger partial charge in [0.15, 0.2) is 0 Å². The Labute approximate surface area is 115 Å². The molecule has 1 heterocycles. The Hall–Kier alpha value is -1.30. The fourth-order valence-corrected chi connectivity index (χ4v) is 2.63. The molecule has 0 aliphatic rings. The molecular weight excluding hydrogens is 325 g/mol. The molecule has 0 radical (unpaired) electrons. The summed E-state index contributed by atoms with van der Waals surface area (Å²) < 4.78 is 1.16. The lowest BCUT2D eigenvalue weighted by Gasteiger charge is -2.21. The van der Waals surface area contributed by atoms with Crippen LogP contribution in [0.4, 0.5) is 11.4 Å². The summed E-state index contributed by atoms with van der Waals surface area (Å²) in [4.78, 5) is 6.31. The number of aromatic nitrogens is 1. The van der Waals surface area contributed by atoms with Crippen molar-refractivity contribution < 1.29 is 0 Å². The molecule has 0 atom stereocenters. The summed E-state index contributed by atoms with van der Waals surface area (Å²) in [6.45, 7) is 0.841. The van der Waals surface area contributed by atoms with E-state index in [1.165, 1.54) is 11.3 Å². The molecule has 1 aromatic carbocycles. The second-order valence-corrected chi connectivity index (χ2v) is 5.09. The molecule has 0 saturated heterocycles. The molecule has 0 saturated carbocycles. The Balaban J connectivity index is 2.17. The molecule has 4 heteroatoms. The van der Waals surface area contributed by atoms with E-state index >= 15 is 0 Å². The topological polar surface area (TPSA) is 42.2 Å². The number of hydrogen-bond donors (Lipinski definition) is 1. The van der Waals surface area contributed by atoms with Gasteiger partial charge in [-0.2, -0.15) is 0 Å². The molecule has 1 aromatic heterocycles. The second-order valence-electron chi connectivity index (χ2n) is 3.93. The molecule has 3 nitrogen and oxygen atoms in total. The van der Waals surface area contributed by atoms with E-state index in [4.69, 9.17) is 5.73 Å². The van der Waals surface area contributed by atoms with Gasteiger partial charge < -0.3 is 10.6 Å². The van der Waals surface area contributed by atoms with Crippen LogP contribution in [0.5, 0.6) is 0 Å². The van der Waals surface area contributed by atoms with Crippen LogP contribution in [0.25, 0.3) is 0 Å². The molecule has 0 aliphatic carbocycles. The van der Waals surface area contributed by atoms with Crippen LogP contribution in [0.3, 0.4) is 0 Å². The highest BCUT2D eigenvalue weighted by Crippen LogP contribution is 2.24. The van der Waals surface area contributed by atoms with E-state index in [1.807, 2.05) is 30.5 Å². The van der Waals surface area contributed by atoms with Crippen LogP contribution in [-0.2, 0) is 6.54 Å². The molecule has 2 N–H and O–H groups in total. The van der Waals surface area contributed by atoms with Gasteiger partial charge >= 0.3 is 0 Å². The van der Waals surface area contributed by atoms with Crippen LogP contribution in [-0.4, -0.2) is 12.0 Å². The van der Waals surface area contributed by atoms with Crippen molar-refractivity contribution in [2.75, 3.05) is 17.7 Å². The number of nitrogen functional groups attached to an aromatic ring is 1. The van der Waals surface area contributed by atoms with E-state index in [-0.39, 0.29) is 0 Å². The van der Waals surface area contributed by atoms with Gasteiger partial charge in [-0.1, -0.05) is 6.07 Å². The Kier molecular flexibility index (Phi) is 3.83. The number of nitrogens with zero attached hydrogens (tertiary/aromatic N) is 2. The quantitative estimate of drug-likeness (QED) is 0.691. The number of nitrogens with two attached hydrogens (primary N) is 1. The standard InChI is InChI=1S/C13H14IN3/c1-17(9-10-3-2-6-16-8-10)13-5-4-11(15)7-12(13)14/h2-8H,9,15H2,1H3. The Bertz CT molecular complexity index is 499. The lowest BCUT2D eigenvalue weighted by atomic mass is 10.2. The first-order valence-electron chi connectivity index (χ1n) is 5.32. The van der Waals surface area contributed by atoms with E-state index in [0.717, 1.165) is 15.8 Å². The third kappa shape index (κ3) is 3.09. The van der Waals surface area contributed by atoms with Crippen molar-refractivity contribution in [1.82, 2.24) is 4.98 Å². The van der Waals surface area contributed by atoms with Gasteiger partial charge in [-0.15, -0.1) is 0 Å². The summed E-state index contributed by atoms with van der Waals surface area (Å²) in [6.07, 6.45) is 3.68. The maximum absolute atomic E-state index is 5.75. The maximum atomic E-state index is 5.75. The van der Waals surface area contributed by atoms with Crippen molar-refractivity contribution in [1.29, 1.82) is 0 Å². The van der Waals surface area contributed by atoms with Crippen LogP contribution in [0.15, 0.2) is 42.7 Å². The van der Waals surface area contributed by atoms with E-state index in [1.54, 1.807) is 6.20 Å². The van der Waals surface area contributed by atoms with Crippen molar-refractivity contribution in [3.05, 3.63) is 51.9 Å². The summed E-state index contributed by atoms with van der Waals surface area (Å²) in [5.74, 6) is 0. The summed E-state index contributed by atoms with van der Waals surface area (Å²) in [7, 11) is 2.07. The van der Waals surface area contributed by atoms with Gasteiger partial charge in [0.1, 0.15) is 0 Å². The van der Waals surface area contributed by atoms with Gasteiger partial charge in [-0.05, 0) is 52.4 Å². The molecule has 88 valence electrons. The lowest BCUT2D eigenvalue weighted by molar-refractivity contribution is 0.912. The van der Waals surface area contributed by atoms with Crippen molar-refractivity contribution in [3.8, 4) is 0 Å². The largest absolute Gasteiger partial charge is 0.399 e. The SMILES string of the molecule is CN(Cc1cccnc1)c1ccc(N)cc1I. The zero-order valence-corrected chi connectivity index (χ0v) is 11.8. The number of hydrogen-bond acceptors (Lipinski definition) is 3. The normalized spacial score (nSPS) is 10.2.